The maximum atomic E-state index is 6.14. The van der Waals surface area contributed by atoms with Gasteiger partial charge in [0.1, 0.15) is 5.15 Å². The van der Waals surface area contributed by atoms with E-state index in [0.29, 0.717) is 17.1 Å². The molecule has 0 unspecified atom stereocenters. The summed E-state index contributed by atoms with van der Waals surface area (Å²) in [4.78, 5) is 6.83. The van der Waals surface area contributed by atoms with E-state index < -0.39 is 0 Å². The molecule has 2 atom stereocenters. The van der Waals surface area contributed by atoms with Crippen molar-refractivity contribution in [2.24, 2.45) is 5.92 Å². The van der Waals surface area contributed by atoms with Crippen molar-refractivity contribution in [3.05, 3.63) is 35.1 Å². The summed E-state index contributed by atoms with van der Waals surface area (Å²) in [5, 5.41) is 3.04. The van der Waals surface area contributed by atoms with Gasteiger partial charge in [0.25, 0.3) is 0 Å². The van der Waals surface area contributed by atoms with Crippen molar-refractivity contribution < 1.29 is 0 Å². The van der Waals surface area contributed by atoms with Crippen LogP contribution in [0.1, 0.15) is 32.3 Å². The van der Waals surface area contributed by atoms with Gasteiger partial charge >= 0.3 is 0 Å². The van der Waals surface area contributed by atoms with E-state index in [0.717, 1.165) is 12.5 Å². The molecule has 0 saturated carbocycles. The molecule has 0 bridgehead atoms. The van der Waals surface area contributed by atoms with Crippen LogP contribution >= 0.6 is 23.4 Å². The van der Waals surface area contributed by atoms with Crippen molar-refractivity contribution in [3.63, 3.8) is 0 Å². The molecule has 1 aromatic carbocycles. The van der Waals surface area contributed by atoms with Gasteiger partial charge < -0.3 is 4.90 Å². The van der Waals surface area contributed by atoms with Crippen LogP contribution in [0.15, 0.2) is 24.4 Å². The summed E-state index contributed by atoms with van der Waals surface area (Å²) in [6.07, 6.45) is 4.13. The lowest BCUT2D eigenvalue weighted by atomic mass is 9.89. The van der Waals surface area contributed by atoms with Gasteiger partial charge in [-0.15, -0.1) is 0 Å². The topological polar surface area (TPSA) is 16.1 Å². The Morgan fingerprint density at radius 3 is 2.77 bits per heavy atom. The highest BCUT2D eigenvalue weighted by Crippen LogP contribution is 2.39. The number of anilines is 1. The van der Waals surface area contributed by atoms with Crippen molar-refractivity contribution in [1.82, 2.24) is 4.98 Å². The molecule has 0 aliphatic carbocycles. The summed E-state index contributed by atoms with van der Waals surface area (Å²) >= 11 is 8.08. The normalized spacial score (nSPS) is 21.5. The van der Waals surface area contributed by atoms with E-state index in [4.69, 9.17) is 11.6 Å². The summed E-state index contributed by atoms with van der Waals surface area (Å²) in [5.74, 6) is 2.51. The quantitative estimate of drug-likeness (QED) is 0.715. The van der Waals surface area contributed by atoms with Crippen molar-refractivity contribution >= 4 is 39.8 Å². The van der Waals surface area contributed by atoms with Gasteiger partial charge in [0.2, 0.25) is 0 Å². The SMILES string of the molecule is CSC[C@H]1CN(c2ccc(C(C)C)c3cc(Cl)ncc23)[C@@H]1C. The van der Waals surface area contributed by atoms with Gasteiger partial charge in [-0.2, -0.15) is 11.8 Å². The Morgan fingerprint density at radius 1 is 1.36 bits per heavy atom. The highest BCUT2D eigenvalue weighted by atomic mass is 35.5. The zero-order valence-electron chi connectivity index (χ0n) is 13.6. The van der Waals surface area contributed by atoms with Gasteiger partial charge in [-0.25, -0.2) is 4.98 Å². The fraction of sp³-hybridized carbons (Fsp3) is 0.500. The molecule has 1 aliphatic heterocycles. The largest absolute Gasteiger partial charge is 0.368 e. The second-order valence-corrected chi connectivity index (χ2v) is 7.79. The number of benzene rings is 1. The first-order valence-electron chi connectivity index (χ1n) is 7.86. The predicted molar refractivity (Wildman–Crippen MR) is 99.5 cm³/mol. The Balaban J connectivity index is 2.04. The molecule has 2 nitrogen and oxygen atoms in total. The average Bonchev–Trinajstić information content (AvgIpc) is 2.49. The van der Waals surface area contributed by atoms with Crippen LogP contribution < -0.4 is 4.90 Å². The van der Waals surface area contributed by atoms with Crippen LogP contribution in [0.4, 0.5) is 5.69 Å². The Morgan fingerprint density at radius 2 is 2.14 bits per heavy atom. The number of pyridine rings is 1. The number of thioether (sulfide) groups is 1. The zero-order chi connectivity index (χ0) is 15.9. The monoisotopic (exact) mass is 334 g/mol. The minimum atomic E-state index is 0.480. The standard InChI is InChI=1S/C18H23ClN2S/c1-11(2)14-5-6-17(16-8-20-18(19)7-15(14)16)21-9-13(10-22-4)12(21)3/h5-8,11-13H,9-10H2,1-4H3/t12-,13-/m1/s1. The fourth-order valence-corrected chi connectivity index (χ4v) is 4.36. The van der Waals surface area contributed by atoms with Crippen LogP contribution in [-0.2, 0) is 0 Å². The van der Waals surface area contributed by atoms with Crippen molar-refractivity contribution in [2.75, 3.05) is 23.5 Å². The third-order valence-electron chi connectivity index (χ3n) is 4.80. The summed E-state index contributed by atoms with van der Waals surface area (Å²) in [5.41, 5.74) is 2.64. The molecule has 1 fully saturated rings. The van der Waals surface area contributed by atoms with Crippen LogP contribution in [0.3, 0.4) is 0 Å². The first-order valence-corrected chi connectivity index (χ1v) is 9.63. The lowest BCUT2D eigenvalue weighted by molar-refractivity contribution is 0.347. The highest BCUT2D eigenvalue weighted by molar-refractivity contribution is 7.98. The summed E-state index contributed by atoms with van der Waals surface area (Å²) < 4.78 is 0. The van der Waals surface area contributed by atoms with E-state index in [2.05, 4.69) is 49.0 Å². The number of rotatable bonds is 4. The van der Waals surface area contributed by atoms with Crippen molar-refractivity contribution in [1.29, 1.82) is 0 Å². The maximum absolute atomic E-state index is 6.14. The second kappa shape index (κ2) is 6.29. The van der Waals surface area contributed by atoms with Gasteiger partial charge in [-0.1, -0.05) is 31.5 Å². The molecule has 2 heterocycles. The smallest absolute Gasteiger partial charge is 0.129 e. The average molecular weight is 335 g/mol. The molecule has 0 amide bonds. The molecule has 3 rings (SSSR count). The number of hydrogen-bond acceptors (Lipinski definition) is 3. The zero-order valence-corrected chi connectivity index (χ0v) is 15.2. The maximum Gasteiger partial charge on any atom is 0.129 e. The predicted octanol–water partition coefficient (Wildman–Crippen LogP) is 5.20. The Kier molecular flexibility index (Phi) is 4.56. The molecule has 1 saturated heterocycles. The molecule has 4 heteroatoms. The van der Waals surface area contributed by atoms with Gasteiger partial charge in [0.05, 0.1) is 0 Å². The van der Waals surface area contributed by atoms with Crippen molar-refractivity contribution in [2.45, 2.75) is 32.7 Å². The molecule has 1 aliphatic rings. The molecular weight excluding hydrogens is 312 g/mol. The highest BCUT2D eigenvalue weighted by Gasteiger charge is 2.35. The Bertz CT molecular complexity index is 686. The number of halogens is 1. The number of fused-ring (bicyclic) bond motifs is 1. The van der Waals surface area contributed by atoms with Gasteiger partial charge in [-0.05, 0) is 47.9 Å². The lowest BCUT2D eigenvalue weighted by Crippen LogP contribution is -2.55. The molecular formula is C18H23ClN2S. The molecule has 0 N–H and O–H groups in total. The van der Waals surface area contributed by atoms with Crippen LogP contribution in [0.5, 0.6) is 0 Å². The number of aromatic nitrogens is 1. The molecule has 2 aromatic rings. The second-order valence-electron chi connectivity index (χ2n) is 6.49. The van der Waals surface area contributed by atoms with E-state index in [-0.39, 0.29) is 0 Å². The van der Waals surface area contributed by atoms with E-state index >= 15 is 0 Å². The lowest BCUT2D eigenvalue weighted by Gasteiger charge is -2.48. The Labute approximate surface area is 142 Å². The molecule has 1 aromatic heterocycles. The molecule has 118 valence electrons. The summed E-state index contributed by atoms with van der Waals surface area (Å²) in [6, 6.07) is 7.13. The third-order valence-corrected chi connectivity index (χ3v) is 5.76. The Hall–Kier alpha value is -0.930. The van der Waals surface area contributed by atoms with Crippen LogP contribution in [-0.4, -0.2) is 29.6 Å². The van der Waals surface area contributed by atoms with Gasteiger partial charge in [0, 0.05) is 35.8 Å². The van der Waals surface area contributed by atoms with Gasteiger partial charge in [-0.3, -0.25) is 0 Å². The van der Waals surface area contributed by atoms with E-state index in [1.807, 2.05) is 24.0 Å². The van der Waals surface area contributed by atoms with Crippen LogP contribution in [0, 0.1) is 5.92 Å². The molecule has 0 radical (unpaired) electrons. The first-order chi connectivity index (χ1) is 10.5. The molecule has 0 spiro atoms. The minimum Gasteiger partial charge on any atom is -0.368 e. The number of nitrogens with zero attached hydrogens (tertiary/aromatic N) is 2. The molecule has 22 heavy (non-hydrogen) atoms. The third kappa shape index (κ3) is 2.69. The van der Waals surface area contributed by atoms with Crippen molar-refractivity contribution in [3.8, 4) is 0 Å². The number of hydrogen-bond donors (Lipinski definition) is 0. The van der Waals surface area contributed by atoms with E-state index in [9.17, 15) is 0 Å². The van der Waals surface area contributed by atoms with Gasteiger partial charge in [0.15, 0.2) is 0 Å². The van der Waals surface area contributed by atoms with E-state index in [1.165, 1.54) is 27.8 Å². The van der Waals surface area contributed by atoms with Crippen LogP contribution in [0.25, 0.3) is 10.8 Å². The fourth-order valence-electron chi connectivity index (χ4n) is 3.39. The summed E-state index contributed by atoms with van der Waals surface area (Å²) in [7, 11) is 0. The minimum absolute atomic E-state index is 0.480. The first kappa shape index (κ1) is 15.9. The summed E-state index contributed by atoms with van der Waals surface area (Å²) in [6.45, 7) is 7.92. The van der Waals surface area contributed by atoms with Crippen LogP contribution in [0.2, 0.25) is 5.15 Å². The van der Waals surface area contributed by atoms with E-state index in [1.54, 1.807) is 0 Å².